The molecule has 0 unspecified atom stereocenters. The van der Waals surface area contributed by atoms with Gasteiger partial charge in [-0.05, 0) is 37.3 Å². The van der Waals surface area contributed by atoms with Crippen LogP contribution in [0.25, 0.3) is 11.4 Å². The van der Waals surface area contributed by atoms with Crippen molar-refractivity contribution >= 4 is 39.1 Å². The largest absolute Gasteiger partial charge is 0.482 e. The Morgan fingerprint density at radius 1 is 1.23 bits per heavy atom. The van der Waals surface area contributed by atoms with Gasteiger partial charge in [0, 0.05) is 27.5 Å². The van der Waals surface area contributed by atoms with Gasteiger partial charge in [-0.2, -0.15) is 0 Å². The number of carbonyl (C=O) groups is 2. The van der Waals surface area contributed by atoms with E-state index in [1.807, 2.05) is 0 Å². The summed E-state index contributed by atoms with van der Waals surface area (Å²) in [5.41, 5.74) is 2.08. The summed E-state index contributed by atoms with van der Waals surface area (Å²) >= 11 is 3.37. The number of nitrogens with zero attached hydrogens (tertiary/aromatic N) is 2. The van der Waals surface area contributed by atoms with Crippen LogP contribution >= 0.6 is 15.9 Å². The molecule has 0 bridgehead atoms. The molecule has 3 aromatic rings. The van der Waals surface area contributed by atoms with Crippen LogP contribution in [0.1, 0.15) is 5.69 Å². The zero-order valence-electron chi connectivity index (χ0n) is 15.9. The third-order valence-electron chi connectivity index (χ3n) is 4.46. The topological polar surface area (TPSA) is 104 Å². The average molecular weight is 469 g/mol. The van der Waals surface area contributed by atoms with Crippen LogP contribution in [0.3, 0.4) is 0 Å². The van der Waals surface area contributed by atoms with Gasteiger partial charge in [-0.3, -0.25) is 19.3 Å². The van der Waals surface area contributed by atoms with Crippen LogP contribution in [0.15, 0.2) is 57.8 Å². The number of nitrogens with one attached hydrogen (secondary N) is 2. The molecule has 8 nitrogen and oxygen atoms in total. The van der Waals surface area contributed by atoms with E-state index in [0.29, 0.717) is 34.2 Å². The maximum absolute atomic E-state index is 12.6. The molecule has 0 radical (unpaired) electrons. The molecule has 2 aromatic carbocycles. The quantitative estimate of drug-likeness (QED) is 0.612. The van der Waals surface area contributed by atoms with E-state index < -0.39 is 0 Å². The Morgan fingerprint density at radius 3 is 2.87 bits per heavy atom. The van der Waals surface area contributed by atoms with Crippen LogP contribution in [-0.2, 0) is 9.59 Å². The Labute approximate surface area is 180 Å². The van der Waals surface area contributed by atoms with Crippen molar-refractivity contribution in [3.8, 4) is 17.1 Å². The van der Waals surface area contributed by atoms with Crippen molar-refractivity contribution in [2.75, 3.05) is 23.4 Å². The van der Waals surface area contributed by atoms with Crippen molar-refractivity contribution in [3.63, 3.8) is 0 Å². The van der Waals surface area contributed by atoms with Gasteiger partial charge in [-0.15, -0.1) is 0 Å². The van der Waals surface area contributed by atoms with E-state index >= 15 is 0 Å². The number of ether oxygens (including phenoxy) is 1. The molecule has 1 aliphatic rings. The number of aromatic amines is 1. The molecule has 2 N–H and O–H groups in total. The van der Waals surface area contributed by atoms with Crippen molar-refractivity contribution in [1.82, 2.24) is 9.97 Å². The Morgan fingerprint density at radius 2 is 2.07 bits per heavy atom. The molecule has 0 aliphatic carbocycles. The minimum Gasteiger partial charge on any atom is -0.482 e. The van der Waals surface area contributed by atoms with Crippen molar-refractivity contribution in [3.05, 3.63) is 69.1 Å². The standard InChI is InChI=1S/C21H17BrN4O4/c1-12-7-18(27)25-21(23-12)13-3-2-4-15(8-13)24-19(28)10-26-16-6-5-14(22)9-17(16)30-11-20(26)29/h2-9H,10-11H2,1H3,(H,24,28)(H,23,25,27). The van der Waals surface area contributed by atoms with Crippen molar-refractivity contribution in [2.24, 2.45) is 0 Å². The van der Waals surface area contributed by atoms with E-state index in [0.717, 1.165) is 4.47 Å². The predicted octanol–water partition coefficient (Wildman–Crippen LogP) is 2.87. The van der Waals surface area contributed by atoms with Crippen molar-refractivity contribution < 1.29 is 14.3 Å². The number of halogens is 1. The lowest BCUT2D eigenvalue weighted by molar-refractivity contribution is -0.123. The van der Waals surface area contributed by atoms with Gasteiger partial charge >= 0.3 is 0 Å². The normalized spacial score (nSPS) is 12.9. The number of aryl methyl sites for hydroxylation is 1. The molecule has 4 rings (SSSR count). The maximum Gasteiger partial charge on any atom is 0.265 e. The second kappa shape index (κ2) is 8.11. The molecule has 152 valence electrons. The minimum absolute atomic E-state index is 0.126. The van der Waals surface area contributed by atoms with Crippen molar-refractivity contribution in [1.29, 1.82) is 0 Å². The summed E-state index contributed by atoms with van der Waals surface area (Å²) in [6.45, 7) is 1.46. The number of anilines is 2. The van der Waals surface area contributed by atoms with E-state index in [1.54, 1.807) is 49.4 Å². The molecule has 2 heterocycles. The number of hydrogen-bond donors (Lipinski definition) is 2. The molecule has 2 amide bonds. The lowest BCUT2D eigenvalue weighted by atomic mass is 10.2. The molecule has 9 heteroatoms. The fraction of sp³-hybridized carbons (Fsp3) is 0.143. The Balaban J connectivity index is 1.53. The summed E-state index contributed by atoms with van der Waals surface area (Å²) in [4.78, 5) is 45.0. The van der Waals surface area contributed by atoms with E-state index in [1.165, 1.54) is 11.0 Å². The Hall–Kier alpha value is -3.46. The third kappa shape index (κ3) is 4.25. The summed E-state index contributed by atoms with van der Waals surface area (Å²) in [7, 11) is 0. The van der Waals surface area contributed by atoms with Gasteiger partial charge in [0.05, 0.1) is 5.69 Å². The molecule has 30 heavy (non-hydrogen) atoms. The summed E-state index contributed by atoms with van der Waals surface area (Å²) < 4.78 is 6.26. The number of aromatic nitrogens is 2. The predicted molar refractivity (Wildman–Crippen MR) is 116 cm³/mol. The van der Waals surface area contributed by atoms with Crippen LogP contribution in [-0.4, -0.2) is 34.9 Å². The fourth-order valence-electron chi connectivity index (χ4n) is 3.16. The first-order chi connectivity index (χ1) is 14.4. The number of carbonyl (C=O) groups excluding carboxylic acids is 2. The molecular weight excluding hydrogens is 452 g/mol. The van der Waals surface area contributed by atoms with Crippen LogP contribution in [0.5, 0.6) is 5.75 Å². The monoisotopic (exact) mass is 468 g/mol. The summed E-state index contributed by atoms with van der Waals surface area (Å²) in [6, 6.07) is 13.6. The second-order valence-electron chi connectivity index (χ2n) is 6.74. The Bertz CT molecular complexity index is 1210. The first-order valence-corrected chi connectivity index (χ1v) is 9.89. The van der Waals surface area contributed by atoms with Gasteiger partial charge in [0.25, 0.3) is 11.5 Å². The first-order valence-electron chi connectivity index (χ1n) is 9.10. The summed E-state index contributed by atoms with van der Waals surface area (Å²) in [5.74, 6) is 0.296. The van der Waals surface area contributed by atoms with Gasteiger partial charge < -0.3 is 15.0 Å². The third-order valence-corrected chi connectivity index (χ3v) is 4.95. The highest BCUT2D eigenvalue weighted by molar-refractivity contribution is 9.10. The lowest BCUT2D eigenvalue weighted by Gasteiger charge is -2.29. The highest BCUT2D eigenvalue weighted by Crippen LogP contribution is 2.34. The number of benzene rings is 2. The Kier molecular flexibility index (Phi) is 5.37. The smallest absolute Gasteiger partial charge is 0.265 e. The minimum atomic E-state index is -0.359. The summed E-state index contributed by atoms with van der Waals surface area (Å²) in [5, 5.41) is 2.79. The van der Waals surface area contributed by atoms with E-state index in [4.69, 9.17) is 4.74 Å². The highest BCUT2D eigenvalue weighted by Gasteiger charge is 2.27. The number of hydrogen-bond acceptors (Lipinski definition) is 5. The number of amides is 2. The highest BCUT2D eigenvalue weighted by atomic mass is 79.9. The van der Waals surface area contributed by atoms with Gasteiger partial charge in [0.15, 0.2) is 6.61 Å². The van der Waals surface area contributed by atoms with Crippen LogP contribution in [0.4, 0.5) is 11.4 Å². The zero-order chi connectivity index (χ0) is 21.3. The molecular formula is C21H17BrN4O4. The van der Waals surface area contributed by atoms with Gasteiger partial charge in [0.1, 0.15) is 18.1 Å². The van der Waals surface area contributed by atoms with Crippen LogP contribution < -0.4 is 20.5 Å². The maximum atomic E-state index is 12.6. The lowest BCUT2D eigenvalue weighted by Crippen LogP contribution is -2.43. The van der Waals surface area contributed by atoms with E-state index in [-0.39, 0.29) is 30.5 Å². The molecule has 0 spiro atoms. The molecule has 1 aliphatic heterocycles. The fourth-order valence-corrected chi connectivity index (χ4v) is 3.50. The van der Waals surface area contributed by atoms with E-state index in [9.17, 15) is 14.4 Å². The number of rotatable bonds is 4. The molecule has 0 saturated heterocycles. The molecule has 0 saturated carbocycles. The molecule has 1 aromatic heterocycles. The van der Waals surface area contributed by atoms with Gasteiger partial charge in [-0.25, -0.2) is 4.98 Å². The van der Waals surface area contributed by atoms with Crippen LogP contribution in [0, 0.1) is 6.92 Å². The molecule has 0 fully saturated rings. The van der Waals surface area contributed by atoms with E-state index in [2.05, 4.69) is 31.2 Å². The average Bonchev–Trinajstić information content (AvgIpc) is 2.69. The van der Waals surface area contributed by atoms with Crippen molar-refractivity contribution in [2.45, 2.75) is 6.92 Å². The second-order valence-corrected chi connectivity index (χ2v) is 7.66. The SMILES string of the molecule is Cc1cc(=O)[nH]c(-c2cccc(NC(=O)CN3C(=O)COc4cc(Br)ccc43)c2)n1. The zero-order valence-corrected chi connectivity index (χ0v) is 17.5. The first kappa shape index (κ1) is 19.8. The van der Waals surface area contributed by atoms with Crippen LogP contribution in [0.2, 0.25) is 0 Å². The molecule has 0 atom stereocenters. The van der Waals surface area contributed by atoms with Gasteiger partial charge in [-0.1, -0.05) is 28.1 Å². The summed E-state index contributed by atoms with van der Waals surface area (Å²) in [6.07, 6.45) is 0. The van der Waals surface area contributed by atoms with Gasteiger partial charge in [0.2, 0.25) is 5.91 Å². The number of H-pyrrole nitrogens is 1. The number of fused-ring (bicyclic) bond motifs is 1.